The molecular weight excluding hydrogens is 460 g/mol. The molecule has 0 aliphatic rings. The molecular formula is C28H26N2O6. The third kappa shape index (κ3) is 5.02. The van der Waals surface area contributed by atoms with Crippen LogP contribution in [0.15, 0.2) is 77.7 Å². The van der Waals surface area contributed by atoms with E-state index in [0.29, 0.717) is 39.9 Å². The minimum Gasteiger partial charge on any atom is -0.493 e. The highest BCUT2D eigenvalue weighted by molar-refractivity contribution is 6.07. The summed E-state index contributed by atoms with van der Waals surface area (Å²) in [7, 11) is 6.24. The van der Waals surface area contributed by atoms with Crippen LogP contribution < -0.4 is 24.6 Å². The summed E-state index contributed by atoms with van der Waals surface area (Å²) in [4.78, 5) is 28.4. The number of H-pyrrole nitrogens is 1. The Morgan fingerprint density at radius 2 is 1.47 bits per heavy atom. The summed E-state index contributed by atoms with van der Waals surface area (Å²) in [5.41, 5.74) is 2.83. The maximum atomic E-state index is 12.9. The fourth-order valence-electron chi connectivity index (χ4n) is 3.77. The molecule has 1 heterocycles. The zero-order valence-electron chi connectivity index (χ0n) is 20.4. The fraction of sp³-hybridized carbons (Fsp3) is 0.143. The highest BCUT2D eigenvalue weighted by Crippen LogP contribution is 2.31. The van der Waals surface area contributed by atoms with Gasteiger partial charge in [0.2, 0.25) is 0 Å². The smallest absolute Gasteiger partial charge is 0.330 e. The number of aromatic nitrogens is 2. The molecule has 0 saturated heterocycles. The molecule has 0 atom stereocenters. The molecule has 4 rings (SSSR count). The van der Waals surface area contributed by atoms with Crippen LogP contribution in [0.4, 0.5) is 0 Å². The number of allylic oxidation sites excluding steroid dienone is 1. The molecule has 3 aromatic carbocycles. The molecule has 0 spiro atoms. The van der Waals surface area contributed by atoms with Crippen LogP contribution in [0.25, 0.3) is 23.0 Å². The number of nitrogens with zero attached hydrogens (tertiary/aromatic N) is 1. The minimum atomic E-state index is -0.328. The van der Waals surface area contributed by atoms with Gasteiger partial charge < -0.3 is 23.9 Å². The average Bonchev–Trinajstić information content (AvgIpc) is 3.32. The summed E-state index contributed by atoms with van der Waals surface area (Å²) in [5, 5.41) is 0. The van der Waals surface area contributed by atoms with E-state index in [1.165, 1.54) is 10.6 Å². The number of benzene rings is 3. The Hall–Kier alpha value is -4.72. The van der Waals surface area contributed by atoms with Crippen molar-refractivity contribution in [2.75, 3.05) is 28.4 Å². The monoisotopic (exact) mass is 486 g/mol. The molecule has 8 nitrogen and oxygen atoms in total. The van der Waals surface area contributed by atoms with Crippen molar-refractivity contribution in [1.29, 1.82) is 0 Å². The Balaban J connectivity index is 1.59. The highest BCUT2D eigenvalue weighted by atomic mass is 16.5. The predicted octanol–water partition coefficient (Wildman–Crippen LogP) is 4.76. The maximum Gasteiger partial charge on any atom is 0.330 e. The molecule has 0 aliphatic carbocycles. The Labute approximate surface area is 208 Å². The van der Waals surface area contributed by atoms with Gasteiger partial charge in [0.25, 0.3) is 0 Å². The first kappa shape index (κ1) is 24.4. The number of hydrogen-bond donors (Lipinski definition) is 1. The summed E-state index contributed by atoms with van der Waals surface area (Å²) in [6.45, 7) is 0. The van der Waals surface area contributed by atoms with E-state index in [4.69, 9.17) is 18.9 Å². The topological polar surface area (TPSA) is 91.8 Å². The lowest BCUT2D eigenvalue weighted by atomic mass is 10.1. The van der Waals surface area contributed by atoms with Crippen molar-refractivity contribution in [2.24, 2.45) is 0 Å². The lowest BCUT2D eigenvalue weighted by Crippen LogP contribution is -2.14. The van der Waals surface area contributed by atoms with Gasteiger partial charge in [0.05, 0.1) is 39.8 Å². The van der Waals surface area contributed by atoms with Crippen molar-refractivity contribution < 1.29 is 23.7 Å². The molecule has 36 heavy (non-hydrogen) atoms. The first-order valence-corrected chi connectivity index (χ1v) is 11.1. The number of carbonyl (C=O) groups excluding carboxylic acids is 1. The van der Waals surface area contributed by atoms with Gasteiger partial charge in [-0.05, 0) is 54.1 Å². The number of ketones is 1. The van der Waals surface area contributed by atoms with Gasteiger partial charge in [-0.25, -0.2) is 4.79 Å². The second-order valence-electron chi connectivity index (χ2n) is 7.78. The Morgan fingerprint density at radius 1 is 0.806 bits per heavy atom. The largest absolute Gasteiger partial charge is 0.493 e. The van der Waals surface area contributed by atoms with E-state index >= 15 is 0 Å². The van der Waals surface area contributed by atoms with Gasteiger partial charge in [-0.3, -0.25) is 9.36 Å². The van der Waals surface area contributed by atoms with Gasteiger partial charge in [0, 0.05) is 17.3 Å². The van der Waals surface area contributed by atoms with Crippen LogP contribution in [-0.4, -0.2) is 43.8 Å². The SMILES string of the molecule is COc1ccc(/C=C/C(=O)c2cccc(-n3cc(-c4ccc(OC)c(OC)c4)[nH]c3=O)c2)cc1OC. The van der Waals surface area contributed by atoms with E-state index in [1.54, 1.807) is 89.2 Å². The van der Waals surface area contributed by atoms with Crippen LogP contribution in [0.5, 0.6) is 23.0 Å². The van der Waals surface area contributed by atoms with Crippen LogP contribution in [0.1, 0.15) is 15.9 Å². The molecule has 0 saturated carbocycles. The second kappa shape index (κ2) is 10.7. The number of aromatic amines is 1. The average molecular weight is 487 g/mol. The summed E-state index contributed by atoms with van der Waals surface area (Å²) >= 11 is 0. The molecule has 0 amide bonds. The Bertz CT molecular complexity index is 1480. The van der Waals surface area contributed by atoms with E-state index in [1.807, 2.05) is 12.1 Å². The van der Waals surface area contributed by atoms with Crippen molar-refractivity contribution in [3.63, 3.8) is 0 Å². The number of ether oxygens (including phenoxy) is 4. The lowest BCUT2D eigenvalue weighted by Gasteiger charge is -2.08. The summed E-state index contributed by atoms with van der Waals surface area (Å²) < 4.78 is 22.7. The van der Waals surface area contributed by atoms with E-state index in [2.05, 4.69) is 4.98 Å². The third-order valence-electron chi connectivity index (χ3n) is 5.66. The first-order chi connectivity index (χ1) is 17.5. The first-order valence-electron chi connectivity index (χ1n) is 11.1. The molecule has 4 aromatic rings. The summed E-state index contributed by atoms with van der Waals surface area (Å²) in [6.07, 6.45) is 4.87. The number of methoxy groups -OCH3 is 4. The zero-order chi connectivity index (χ0) is 25.7. The Kier molecular flexibility index (Phi) is 7.25. The third-order valence-corrected chi connectivity index (χ3v) is 5.66. The molecule has 184 valence electrons. The molecule has 1 aromatic heterocycles. The van der Waals surface area contributed by atoms with E-state index in [9.17, 15) is 9.59 Å². The lowest BCUT2D eigenvalue weighted by molar-refractivity contribution is 0.104. The number of imidazole rings is 1. The van der Waals surface area contributed by atoms with E-state index < -0.39 is 0 Å². The van der Waals surface area contributed by atoms with Gasteiger partial charge in [-0.1, -0.05) is 24.3 Å². The van der Waals surface area contributed by atoms with Gasteiger partial charge in [-0.2, -0.15) is 0 Å². The van der Waals surface area contributed by atoms with Gasteiger partial charge in [-0.15, -0.1) is 0 Å². The van der Waals surface area contributed by atoms with Crippen molar-refractivity contribution in [1.82, 2.24) is 9.55 Å². The normalized spacial score (nSPS) is 10.9. The second-order valence-corrected chi connectivity index (χ2v) is 7.78. The van der Waals surface area contributed by atoms with Crippen molar-refractivity contribution in [3.8, 4) is 39.9 Å². The molecule has 1 N–H and O–H groups in total. The van der Waals surface area contributed by atoms with Crippen molar-refractivity contribution in [3.05, 3.63) is 94.5 Å². The van der Waals surface area contributed by atoms with Crippen LogP contribution in [0.2, 0.25) is 0 Å². The van der Waals surface area contributed by atoms with Crippen LogP contribution in [0, 0.1) is 0 Å². The Morgan fingerprint density at radius 3 is 2.17 bits per heavy atom. The fourth-order valence-corrected chi connectivity index (χ4v) is 3.77. The highest BCUT2D eigenvalue weighted by Gasteiger charge is 2.12. The maximum absolute atomic E-state index is 12.9. The van der Waals surface area contributed by atoms with Gasteiger partial charge >= 0.3 is 5.69 Å². The summed E-state index contributed by atoms with van der Waals surface area (Å²) in [5.74, 6) is 2.13. The molecule has 0 aliphatic heterocycles. The van der Waals surface area contributed by atoms with Crippen LogP contribution in [0.3, 0.4) is 0 Å². The van der Waals surface area contributed by atoms with Gasteiger partial charge in [0.1, 0.15) is 0 Å². The van der Waals surface area contributed by atoms with E-state index in [0.717, 1.165) is 11.1 Å². The number of carbonyl (C=O) groups is 1. The van der Waals surface area contributed by atoms with Gasteiger partial charge in [0.15, 0.2) is 28.8 Å². The molecule has 8 heteroatoms. The van der Waals surface area contributed by atoms with Crippen LogP contribution in [-0.2, 0) is 0 Å². The predicted molar refractivity (Wildman–Crippen MR) is 138 cm³/mol. The van der Waals surface area contributed by atoms with Crippen molar-refractivity contribution >= 4 is 11.9 Å². The minimum absolute atomic E-state index is 0.199. The molecule has 0 bridgehead atoms. The van der Waals surface area contributed by atoms with Crippen LogP contribution >= 0.6 is 0 Å². The summed E-state index contributed by atoms with van der Waals surface area (Å²) in [6, 6.07) is 17.7. The number of rotatable bonds is 9. The quantitative estimate of drug-likeness (QED) is 0.271. The molecule has 0 radical (unpaired) electrons. The van der Waals surface area contributed by atoms with Crippen molar-refractivity contribution in [2.45, 2.75) is 0 Å². The number of hydrogen-bond acceptors (Lipinski definition) is 6. The zero-order valence-corrected chi connectivity index (χ0v) is 20.4. The number of nitrogens with one attached hydrogen (secondary N) is 1. The van der Waals surface area contributed by atoms with E-state index in [-0.39, 0.29) is 11.5 Å². The molecule has 0 fully saturated rings. The standard InChI is InChI=1S/C28H26N2O6/c1-33-24-12-9-18(14-26(24)35-3)8-11-23(31)20-6-5-7-21(15-20)30-17-22(29-28(30)32)19-10-13-25(34-2)27(16-19)36-4/h5-17H,1-4H3,(H,29,32)/b11-8+. The molecule has 0 unspecified atom stereocenters.